The molecule has 0 aliphatic rings. The van der Waals surface area contributed by atoms with Crippen LogP contribution in [0.2, 0.25) is 5.02 Å². The monoisotopic (exact) mass is 434 g/mol. The number of carbonyl (C=O) groups is 1. The Morgan fingerprint density at radius 1 is 1.16 bits per heavy atom. The quantitative estimate of drug-likeness (QED) is 0.393. The van der Waals surface area contributed by atoms with Crippen molar-refractivity contribution in [1.82, 2.24) is 15.5 Å². The fourth-order valence-electron chi connectivity index (χ4n) is 2.65. The maximum absolute atomic E-state index is 12.7. The topological polar surface area (TPSA) is 106 Å². The number of hydrogen-bond acceptors (Lipinski definition) is 3. The molecule has 7 nitrogen and oxygen atoms in total. The molecule has 0 bridgehead atoms. The summed E-state index contributed by atoms with van der Waals surface area (Å²) in [5, 5.41) is 23.3. The molecule has 0 saturated heterocycles. The number of halogens is 1. The van der Waals surface area contributed by atoms with E-state index in [0.29, 0.717) is 33.8 Å². The van der Waals surface area contributed by atoms with Crippen LogP contribution >= 0.6 is 11.6 Å². The lowest BCUT2D eigenvalue weighted by Crippen LogP contribution is -2.40. The number of guanidine groups is 1. The van der Waals surface area contributed by atoms with Crippen LogP contribution in [0.5, 0.6) is 0 Å². The van der Waals surface area contributed by atoms with Gasteiger partial charge in [-0.3, -0.25) is 9.89 Å². The highest BCUT2D eigenvalue weighted by molar-refractivity contribution is 6.30. The lowest BCUT2D eigenvalue weighted by molar-refractivity contribution is 0.100. The first-order valence-corrected chi connectivity index (χ1v) is 10.2. The molecule has 0 radical (unpaired) electrons. The number of nitrogens with zero attached hydrogens (tertiary/aromatic N) is 3. The van der Waals surface area contributed by atoms with Crippen LogP contribution in [-0.4, -0.2) is 28.1 Å². The fraction of sp³-hybridized carbons (Fsp3) is 0.217. The maximum Gasteiger partial charge on any atom is 0.280 e. The smallest absolute Gasteiger partial charge is 0.280 e. The third-order valence-corrected chi connectivity index (χ3v) is 5.04. The third kappa shape index (κ3) is 5.93. The van der Waals surface area contributed by atoms with E-state index in [1.54, 1.807) is 30.3 Å². The van der Waals surface area contributed by atoms with Gasteiger partial charge in [-0.2, -0.15) is 15.4 Å². The average molecular weight is 435 g/mol. The van der Waals surface area contributed by atoms with Gasteiger partial charge in [0, 0.05) is 28.3 Å². The number of amides is 1. The minimum atomic E-state index is -0.458. The van der Waals surface area contributed by atoms with Crippen LogP contribution in [0.25, 0.3) is 11.3 Å². The minimum Gasteiger partial charge on any atom is -0.353 e. The molecule has 1 amide bonds. The Bertz CT molecular complexity index is 1130. The summed E-state index contributed by atoms with van der Waals surface area (Å²) in [5.74, 6) is 0.724. The van der Waals surface area contributed by atoms with Crippen molar-refractivity contribution in [1.29, 1.82) is 5.26 Å². The molecule has 0 fully saturated rings. The van der Waals surface area contributed by atoms with Crippen LogP contribution in [0, 0.1) is 17.2 Å². The molecule has 0 spiro atoms. The van der Waals surface area contributed by atoms with Crippen LogP contribution in [0.1, 0.15) is 36.7 Å². The van der Waals surface area contributed by atoms with Crippen molar-refractivity contribution in [3.8, 4) is 17.3 Å². The van der Waals surface area contributed by atoms with Crippen LogP contribution < -0.4 is 10.6 Å². The molecule has 0 aliphatic heterocycles. The van der Waals surface area contributed by atoms with Crippen LogP contribution in [0.15, 0.2) is 59.6 Å². The molecule has 158 valence electrons. The molecule has 3 rings (SSSR count). The lowest BCUT2D eigenvalue weighted by atomic mass is 10.1. The Kier molecular flexibility index (Phi) is 7.06. The van der Waals surface area contributed by atoms with E-state index in [4.69, 9.17) is 16.9 Å². The second-order valence-corrected chi connectivity index (χ2v) is 7.87. The van der Waals surface area contributed by atoms with Gasteiger partial charge in [-0.05, 0) is 43.2 Å². The predicted octanol–water partition coefficient (Wildman–Crippen LogP) is 4.84. The Balaban J connectivity index is 1.85. The first-order chi connectivity index (χ1) is 14.9. The zero-order valence-corrected chi connectivity index (χ0v) is 18.2. The number of anilines is 1. The summed E-state index contributed by atoms with van der Waals surface area (Å²) < 4.78 is 0. The predicted molar refractivity (Wildman–Crippen MR) is 123 cm³/mol. The number of H-pyrrole nitrogens is 1. The Hall–Kier alpha value is -3.63. The second-order valence-electron chi connectivity index (χ2n) is 7.43. The van der Waals surface area contributed by atoms with Crippen molar-refractivity contribution < 1.29 is 4.79 Å². The summed E-state index contributed by atoms with van der Waals surface area (Å²) in [7, 11) is 0. The Morgan fingerprint density at radius 2 is 1.90 bits per heavy atom. The zero-order chi connectivity index (χ0) is 22.4. The van der Waals surface area contributed by atoms with Gasteiger partial charge in [0.25, 0.3) is 5.91 Å². The summed E-state index contributed by atoms with van der Waals surface area (Å²) >= 11 is 5.95. The van der Waals surface area contributed by atoms with Crippen molar-refractivity contribution in [3.63, 3.8) is 0 Å². The van der Waals surface area contributed by atoms with Crippen LogP contribution in [0.4, 0.5) is 5.82 Å². The number of aliphatic imine (C=N–C) groups is 1. The number of carbonyl (C=O) groups excluding carboxylic acids is 1. The maximum atomic E-state index is 12.7. The summed E-state index contributed by atoms with van der Waals surface area (Å²) in [6, 6.07) is 17.7. The summed E-state index contributed by atoms with van der Waals surface area (Å²) in [4.78, 5) is 16.9. The number of rotatable bonds is 5. The molecule has 0 saturated carbocycles. The van der Waals surface area contributed by atoms with Crippen molar-refractivity contribution in [3.05, 3.63) is 70.7 Å². The number of nitriles is 1. The van der Waals surface area contributed by atoms with Crippen molar-refractivity contribution in [2.24, 2.45) is 10.9 Å². The van der Waals surface area contributed by atoms with E-state index >= 15 is 0 Å². The van der Waals surface area contributed by atoms with Gasteiger partial charge in [-0.25, -0.2) is 0 Å². The van der Waals surface area contributed by atoms with Gasteiger partial charge in [0.05, 0.1) is 17.3 Å². The third-order valence-electron chi connectivity index (χ3n) is 4.79. The van der Waals surface area contributed by atoms with E-state index in [9.17, 15) is 4.79 Å². The first kappa shape index (κ1) is 22.1. The standard InChI is InChI=1S/C23H23ClN6O/c1-14(2)15(3)26-23(28-22(31)18-6-4-5-16(11-18)13-25)27-21-12-20(29-30-21)17-7-9-19(24)10-8-17/h4-12,14-15H,1-3H3,(H3,26,27,28,29,30,31). The second kappa shape index (κ2) is 9.92. The number of benzene rings is 2. The average Bonchev–Trinajstić information content (AvgIpc) is 3.22. The lowest BCUT2D eigenvalue weighted by Gasteiger charge is -2.20. The highest BCUT2D eigenvalue weighted by Gasteiger charge is 2.14. The highest BCUT2D eigenvalue weighted by atomic mass is 35.5. The number of aromatic amines is 1. The van der Waals surface area contributed by atoms with Gasteiger partial charge >= 0.3 is 0 Å². The van der Waals surface area contributed by atoms with Gasteiger partial charge in [0.15, 0.2) is 0 Å². The molecule has 1 atom stereocenters. The van der Waals surface area contributed by atoms with Crippen molar-refractivity contribution in [2.75, 3.05) is 5.32 Å². The zero-order valence-electron chi connectivity index (χ0n) is 17.5. The number of aromatic nitrogens is 2. The van der Waals surface area contributed by atoms with Gasteiger partial charge in [-0.1, -0.05) is 43.6 Å². The van der Waals surface area contributed by atoms with E-state index in [0.717, 1.165) is 11.3 Å². The molecule has 3 aromatic rings. The Morgan fingerprint density at radius 3 is 2.58 bits per heavy atom. The normalized spacial score (nSPS) is 12.3. The van der Waals surface area contributed by atoms with Crippen molar-refractivity contribution in [2.45, 2.75) is 26.8 Å². The van der Waals surface area contributed by atoms with Crippen molar-refractivity contribution >= 4 is 29.3 Å². The van der Waals surface area contributed by atoms with E-state index < -0.39 is 5.91 Å². The summed E-state index contributed by atoms with van der Waals surface area (Å²) in [6.07, 6.45) is 0. The highest BCUT2D eigenvalue weighted by Crippen LogP contribution is 2.21. The first-order valence-electron chi connectivity index (χ1n) is 9.84. The Labute approximate surface area is 186 Å². The van der Waals surface area contributed by atoms with E-state index in [2.05, 4.69) is 39.7 Å². The molecule has 0 aliphatic carbocycles. The molecule has 8 heteroatoms. The largest absolute Gasteiger partial charge is 0.353 e. The molecular formula is C23H23ClN6O. The molecule has 1 heterocycles. The van der Waals surface area contributed by atoms with E-state index in [-0.39, 0.29) is 6.04 Å². The summed E-state index contributed by atoms with van der Waals surface area (Å²) in [5.41, 5.74) is 2.37. The summed E-state index contributed by atoms with van der Waals surface area (Å²) in [6.45, 7) is 6.15. The van der Waals surface area contributed by atoms with Crippen LogP contribution in [0.3, 0.4) is 0 Å². The number of hydrogen-bond donors (Lipinski definition) is 3. The SMILES string of the molecule is CC(C)C(C)N/C(=N/C(=O)c1cccc(C#N)c1)Nc1cc(-c2ccc(Cl)cc2)n[nH]1. The molecular weight excluding hydrogens is 412 g/mol. The fourth-order valence-corrected chi connectivity index (χ4v) is 2.77. The molecule has 2 aromatic carbocycles. The van der Waals surface area contributed by atoms with E-state index in [1.807, 2.05) is 31.2 Å². The van der Waals surface area contributed by atoms with Gasteiger partial charge in [-0.15, -0.1) is 0 Å². The van der Waals surface area contributed by atoms with Gasteiger partial charge in [0.1, 0.15) is 5.82 Å². The number of nitrogens with one attached hydrogen (secondary N) is 3. The molecule has 1 aromatic heterocycles. The van der Waals surface area contributed by atoms with Gasteiger partial charge in [0.2, 0.25) is 5.96 Å². The molecule has 1 unspecified atom stereocenters. The minimum absolute atomic E-state index is 0.0585. The van der Waals surface area contributed by atoms with Gasteiger partial charge < -0.3 is 10.6 Å². The van der Waals surface area contributed by atoms with E-state index in [1.165, 1.54) is 6.07 Å². The van der Waals surface area contributed by atoms with Crippen LogP contribution in [-0.2, 0) is 0 Å². The molecule has 31 heavy (non-hydrogen) atoms. The molecule has 3 N–H and O–H groups in total.